The van der Waals surface area contributed by atoms with E-state index < -0.39 is 0 Å². The van der Waals surface area contributed by atoms with Crippen molar-refractivity contribution in [1.29, 1.82) is 0 Å². The molecule has 0 bridgehead atoms. The molecule has 108 valence electrons. The van der Waals surface area contributed by atoms with Crippen LogP contribution in [0.5, 0.6) is 0 Å². The van der Waals surface area contributed by atoms with Gasteiger partial charge in [-0.2, -0.15) is 0 Å². The summed E-state index contributed by atoms with van der Waals surface area (Å²) in [5.74, 6) is 8.90. The minimum absolute atomic E-state index is 0.523. The smallest absolute Gasteiger partial charge is 0.0227 e. The molecule has 0 aromatic carbocycles. The van der Waals surface area contributed by atoms with E-state index >= 15 is 0 Å². The highest BCUT2D eigenvalue weighted by Crippen LogP contribution is 2.22. The van der Waals surface area contributed by atoms with Gasteiger partial charge in [-0.3, -0.25) is 0 Å². The first kappa shape index (κ1) is 14.9. The predicted molar refractivity (Wildman–Crippen MR) is 82.0 cm³/mol. The van der Waals surface area contributed by atoms with Gasteiger partial charge in [0.05, 0.1) is 0 Å². The van der Waals surface area contributed by atoms with Crippen LogP contribution in [0.3, 0.4) is 0 Å². The molecule has 0 aliphatic carbocycles. The Labute approximate surface area is 119 Å². The van der Waals surface area contributed by atoms with Gasteiger partial charge < -0.3 is 9.80 Å². The number of rotatable bonds is 3. The minimum Gasteiger partial charge on any atom is -0.303 e. The van der Waals surface area contributed by atoms with E-state index in [9.17, 15) is 0 Å². The van der Waals surface area contributed by atoms with Crippen LogP contribution in [0.4, 0.5) is 0 Å². The summed E-state index contributed by atoms with van der Waals surface area (Å²) >= 11 is 0. The molecule has 2 heteroatoms. The number of nitrogens with zero attached hydrogens (tertiary/aromatic N) is 2. The molecule has 2 nitrogen and oxygen atoms in total. The molecule has 0 saturated carbocycles. The Balaban J connectivity index is 1.64. The van der Waals surface area contributed by atoms with Gasteiger partial charge in [0, 0.05) is 37.5 Å². The lowest BCUT2D eigenvalue weighted by Crippen LogP contribution is -2.54. The second kappa shape index (κ2) is 6.77. The lowest BCUT2D eigenvalue weighted by molar-refractivity contribution is 0.0360. The lowest BCUT2D eigenvalue weighted by atomic mass is 9.93. The second-order valence-electron chi connectivity index (χ2n) is 6.93. The van der Waals surface area contributed by atoms with Gasteiger partial charge in [-0.05, 0) is 45.7 Å². The second-order valence-corrected chi connectivity index (χ2v) is 6.93. The third-order valence-electron chi connectivity index (χ3n) is 4.40. The van der Waals surface area contributed by atoms with Crippen molar-refractivity contribution in [2.24, 2.45) is 17.8 Å². The SMILES string of the molecule is CC(C)C#CC1CCN(CC2CN(C(C)C)C2)CC1. The molecule has 0 radical (unpaired) electrons. The molecule has 2 fully saturated rings. The van der Waals surface area contributed by atoms with Crippen molar-refractivity contribution in [2.45, 2.75) is 46.6 Å². The Hall–Kier alpha value is -0.520. The van der Waals surface area contributed by atoms with Crippen molar-refractivity contribution in [3.05, 3.63) is 0 Å². The molecule has 0 atom stereocenters. The molecule has 2 rings (SSSR count). The maximum Gasteiger partial charge on any atom is 0.0227 e. The van der Waals surface area contributed by atoms with Gasteiger partial charge in [0.25, 0.3) is 0 Å². The van der Waals surface area contributed by atoms with Crippen LogP contribution in [-0.2, 0) is 0 Å². The molecule has 0 aromatic rings. The zero-order chi connectivity index (χ0) is 13.8. The highest BCUT2D eigenvalue weighted by Gasteiger charge is 2.30. The highest BCUT2D eigenvalue weighted by atomic mass is 15.2. The molecule has 0 N–H and O–H groups in total. The van der Waals surface area contributed by atoms with Crippen LogP contribution in [-0.4, -0.2) is 48.6 Å². The standard InChI is InChI=1S/C17H30N2/c1-14(2)5-6-16-7-9-18(10-8-16)11-17-12-19(13-17)15(3)4/h14-17H,7-13H2,1-4H3. The van der Waals surface area contributed by atoms with Gasteiger partial charge in [0.1, 0.15) is 0 Å². The molecular formula is C17H30N2. The van der Waals surface area contributed by atoms with Gasteiger partial charge in [-0.15, -0.1) is 5.92 Å². The highest BCUT2D eigenvalue weighted by molar-refractivity contribution is 5.06. The van der Waals surface area contributed by atoms with Crippen molar-refractivity contribution in [1.82, 2.24) is 9.80 Å². The van der Waals surface area contributed by atoms with E-state index in [2.05, 4.69) is 49.3 Å². The van der Waals surface area contributed by atoms with Crippen molar-refractivity contribution >= 4 is 0 Å². The fourth-order valence-electron chi connectivity index (χ4n) is 3.06. The van der Waals surface area contributed by atoms with Gasteiger partial charge in [0.2, 0.25) is 0 Å². The number of piperidine rings is 1. The van der Waals surface area contributed by atoms with Gasteiger partial charge in [-0.25, -0.2) is 0 Å². The first-order chi connectivity index (χ1) is 9.04. The van der Waals surface area contributed by atoms with E-state index in [1.54, 1.807) is 0 Å². The van der Waals surface area contributed by atoms with Crippen LogP contribution in [0.2, 0.25) is 0 Å². The maximum atomic E-state index is 3.46. The summed E-state index contributed by atoms with van der Waals surface area (Å²) in [6.07, 6.45) is 2.56. The van der Waals surface area contributed by atoms with Crippen LogP contribution in [0.25, 0.3) is 0 Å². The minimum atomic E-state index is 0.523. The Bertz CT molecular complexity index is 323. The zero-order valence-electron chi connectivity index (χ0n) is 13.2. The van der Waals surface area contributed by atoms with Crippen LogP contribution in [0.1, 0.15) is 40.5 Å². The molecule has 0 unspecified atom stereocenters. The monoisotopic (exact) mass is 262 g/mol. The fraction of sp³-hybridized carbons (Fsp3) is 0.882. The Kier molecular flexibility index (Phi) is 5.30. The average Bonchev–Trinajstić information content (AvgIpc) is 2.31. The molecule has 0 amide bonds. The first-order valence-corrected chi connectivity index (χ1v) is 8.02. The van der Waals surface area contributed by atoms with E-state index in [0.717, 1.165) is 12.0 Å². The number of likely N-dealkylation sites (tertiary alicyclic amines) is 2. The summed E-state index contributed by atoms with van der Waals surface area (Å²) in [7, 11) is 0. The summed E-state index contributed by atoms with van der Waals surface area (Å²) in [5, 5.41) is 0. The molecule has 2 aliphatic heterocycles. The number of hydrogen-bond donors (Lipinski definition) is 0. The quantitative estimate of drug-likeness (QED) is 0.722. The average molecular weight is 262 g/mol. The van der Waals surface area contributed by atoms with E-state index in [-0.39, 0.29) is 0 Å². The molecule has 0 spiro atoms. The van der Waals surface area contributed by atoms with Crippen molar-refractivity contribution in [3.8, 4) is 11.8 Å². The van der Waals surface area contributed by atoms with Crippen LogP contribution in [0.15, 0.2) is 0 Å². The summed E-state index contributed by atoms with van der Waals surface area (Å²) in [4.78, 5) is 5.24. The summed E-state index contributed by atoms with van der Waals surface area (Å²) in [6.45, 7) is 15.4. The Morgan fingerprint density at radius 3 is 2.21 bits per heavy atom. The van der Waals surface area contributed by atoms with Crippen molar-refractivity contribution < 1.29 is 0 Å². The topological polar surface area (TPSA) is 6.48 Å². The van der Waals surface area contributed by atoms with E-state index in [1.165, 1.54) is 45.6 Å². The predicted octanol–water partition coefficient (Wildman–Crippen LogP) is 2.70. The van der Waals surface area contributed by atoms with Crippen LogP contribution in [0, 0.1) is 29.6 Å². The summed E-state index contributed by atoms with van der Waals surface area (Å²) < 4.78 is 0. The largest absolute Gasteiger partial charge is 0.303 e. The Morgan fingerprint density at radius 1 is 1.05 bits per heavy atom. The Morgan fingerprint density at radius 2 is 1.68 bits per heavy atom. The first-order valence-electron chi connectivity index (χ1n) is 8.02. The van der Waals surface area contributed by atoms with Crippen molar-refractivity contribution in [3.63, 3.8) is 0 Å². The van der Waals surface area contributed by atoms with Crippen molar-refractivity contribution in [2.75, 3.05) is 32.7 Å². The molecular weight excluding hydrogens is 232 g/mol. The third kappa shape index (κ3) is 4.51. The van der Waals surface area contributed by atoms with Crippen LogP contribution < -0.4 is 0 Å². The fourth-order valence-corrected chi connectivity index (χ4v) is 3.06. The zero-order valence-corrected chi connectivity index (χ0v) is 13.2. The molecule has 2 heterocycles. The molecule has 2 saturated heterocycles. The van der Waals surface area contributed by atoms with Gasteiger partial charge in [-0.1, -0.05) is 19.8 Å². The lowest BCUT2D eigenvalue weighted by Gasteiger charge is -2.45. The van der Waals surface area contributed by atoms with E-state index in [0.29, 0.717) is 11.8 Å². The molecule has 19 heavy (non-hydrogen) atoms. The number of hydrogen-bond acceptors (Lipinski definition) is 2. The third-order valence-corrected chi connectivity index (χ3v) is 4.40. The maximum absolute atomic E-state index is 3.46. The van der Waals surface area contributed by atoms with E-state index in [1.807, 2.05) is 0 Å². The van der Waals surface area contributed by atoms with E-state index in [4.69, 9.17) is 0 Å². The molecule has 0 aromatic heterocycles. The molecule has 2 aliphatic rings. The normalized spacial score (nSPS) is 23.5. The van der Waals surface area contributed by atoms with Gasteiger partial charge in [0.15, 0.2) is 0 Å². The van der Waals surface area contributed by atoms with Gasteiger partial charge >= 0.3 is 0 Å². The van der Waals surface area contributed by atoms with Crippen LogP contribution >= 0.6 is 0 Å². The summed E-state index contributed by atoms with van der Waals surface area (Å²) in [5.41, 5.74) is 0. The summed E-state index contributed by atoms with van der Waals surface area (Å²) in [6, 6.07) is 0.730.